The van der Waals surface area contributed by atoms with Crippen molar-refractivity contribution in [2.24, 2.45) is 11.7 Å². The Kier molecular flexibility index (Phi) is 4.15. The molecule has 0 bridgehead atoms. The van der Waals surface area contributed by atoms with Gasteiger partial charge in [-0.2, -0.15) is 0 Å². The lowest BCUT2D eigenvalue weighted by molar-refractivity contribution is -0.121. The van der Waals surface area contributed by atoms with Crippen molar-refractivity contribution in [3.05, 3.63) is 14.2 Å². The monoisotopic (exact) mass is 346 g/mol. The van der Waals surface area contributed by atoms with E-state index < -0.39 is 0 Å². The first-order chi connectivity index (χ1) is 8.95. The van der Waals surface area contributed by atoms with Gasteiger partial charge in [-0.15, -0.1) is 11.3 Å². The fraction of sp³-hybridized carbons (Fsp3) is 0.500. The minimum atomic E-state index is -0.342. The summed E-state index contributed by atoms with van der Waals surface area (Å²) in [6.07, 6.45) is 0.634. The number of nitrogens with two attached hydrogens (primary N) is 1. The molecule has 1 saturated heterocycles. The van der Waals surface area contributed by atoms with Gasteiger partial charge in [0.1, 0.15) is 4.88 Å². The molecule has 1 atom stereocenters. The molecule has 1 aliphatic heterocycles. The number of primary amides is 1. The Morgan fingerprint density at radius 2 is 2.21 bits per heavy atom. The van der Waals surface area contributed by atoms with E-state index in [1.807, 2.05) is 6.92 Å². The normalized spacial score (nSPS) is 18.7. The van der Waals surface area contributed by atoms with Crippen LogP contribution in [-0.4, -0.2) is 36.9 Å². The summed E-state index contributed by atoms with van der Waals surface area (Å²) >= 11 is 4.80. The molecule has 0 spiro atoms. The SMILES string of the molecule is COc1c(C(=O)N2CC[C@@H](C(N)=O)C2)sc(C)c1Br. The van der Waals surface area contributed by atoms with Gasteiger partial charge in [0.15, 0.2) is 5.75 Å². The van der Waals surface area contributed by atoms with Gasteiger partial charge >= 0.3 is 0 Å². The van der Waals surface area contributed by atoms with Gasteiger partial charge in [-0.25, -0.2) is 0 Å². The van der Waals surface area contributed by atoms with Gasteiger partial charge in [-0.1, -0.05) is 0 Å². The molecule has 1 aliphatic rings. The third-order valence-corrected chi connectivity index (χ3v) is 5.54. The summed E-state index contributed by atoms with van der Waals surface area (Å²) in [5.41, 5.74) is 5.28. The predicted molar refractivity (Wildman–Crippen MR) is 76.5 cm³/mol. The van der Waals surface area contributed by atoms with Crippen molar-refractivity contribution < 1.29 is 14.3 Å². The zero-order chi connectivity index (χ0) is 14.2. The minimum absolute atomic E-state index is 0.0978. The Labute approximate surface area is 123 Å². The first-order valence-corrected chi connectivity index (χ1v) is 7.48. The van der Waals surface area contributed by atoms with Crippen LogP contribution in [0.2, 0.25) is 0 Å². The van der Waals surface area contributed by atoms with E-state index in [4.69, 9.17) is 10.5 Å². The number of methoxy groups -OCH3 is 1. The van der Waals surface area contributed by atoms with Crippen molar-refractivity contribution in [1.29, 1.82) is 0 Å². The zero-order valence-corrected chi connectivity index (χ0v) is 13.1. The van der Waals surface area contributed by atoms with E-state index in [-0.39, 0.29) is 17.7 Å². The molecule has 0 saturated carbocycles. The van der Waals surface area contributed by atoms with Crippen molar-refractivity contribution in [2.75, 3.05) is 20.2 Å². The second-order valence-corrected chi connectivity index (χ2v) is 6.49. The van der Waals surface area contributed by atoms with E-state index in [2.05, 4.69) is 15.9 Å². The highest BCUT2D eigenvalue weighted by Crippen LogP contribution is 2.40. The molecule has 2 N–H and O–H groups in total. The topological polar surface area (TPSA) is 72.6 Å². The second kappa shape index (κ2) is 5.50. The van der Waals surface area contributed by atoms with Crippen LogP contribution in [0.1, 0.15) is 21.0 Å². The summed E-state index contributed by atoms with van der Waals surface area (Å²) in [6.45, 7) is 2.88. The fourth-order valence-electron chi connectivity index (χ4n) is 2.15. The summed E-state index contributed by atoms with van der Waals surface area (Å²) in [5.74, 6) is -0.111. The maximum Gasteiger partial charge on any atom is 0.267 e. The first-order valence-electron chi connectivity index (χ1n) is 5.87. The molecule has 5 nitrogen and oxygen atoms in total. The van der Waals surface area contributed by atoms with Gasteiger partial charge in [0.25, 0.3) is 5.91 Å². The average molecular weight is 347 g/mol. The molecule has 0 aliphatic carbocycles. The maximum atomic E-state index is 12.4. The highest BCUT2D eigenvalue weighted by molar-refractivity contribution is 9.10. The molecule has 104 valence electrons. The average Bonchev–Trinajstić information content (AvgIpc) is 2.95. The highest BCUT2D eigenvalue weighted by Gasteiger charge is 2.33. The second-order valence-electron chi connectivity index (χ2n) is 4.47. The number of carbonyl (C=O) groups is 2. The summed E-state index contributed by atoms with van der Waals surface area (Å²) in [4.78, 5) is 26.8. The fourth-order valence-corrected chi connectivity index (χ4v) is 3.86. The van der Waals surface area contributed by atoms with Gasteiger partial charge in [-0.05, 0) is 29.3 Å². The molecule has 1 fully saturated rings. The molecule has 1 aromatic heterocycles. The van der Waals surface area contributed by atoms with E-state index in [0.29, 0.717) is 30.1 Å². The van der Waals surface area contributed by atoms with Crippen molar-refractivity contribution in [3.63, 3.8) is 0 Å². The Hall–Kier alpha value is -1.08. The van der Waals surface area contributed by atoms with Crippen LogP contribution in [0.3, 0.4) is 0 Å². The predicted octanol–water partition coefficient (Wildman–Crippen LogP) is 1.78. The number of likely N-dealkylation sites (tertiary alicyclic amines) is 1. The van der Waals surface area contributed by atoms with Crippen LogP contribution in [0, 0.1) is 12.8 Å². The van der Waals surface area contributed by atoms with E-state index in [0.717, 1.165) is 9.35 Å². The summed E-state index contributed by atoms with van der Waals surface area (Å²) in [5, 5.41) is 0. The molecule has 0 radical (unpaired) electrons. The number of hydrogen-bond donors (Lipinski definition) is 1. The van der Waals surface area contributed by atoms with E-state index in [1.165, 1.54) is 11.3 Å². The Morgan fingerprint density at radius 3 is 2.74 bits per heavy atom. The number of carbonyl (C=O) groups excluding carboxylic acids is 2. The van der Waals surface area contributed by atoms with Crippen LogP contribution in [-0.2, 0) is 4.79 Å². The molecule has 7 heteroatoms. The summed E-state index contributed by atoms with van der Waals surface area (Å²) < 4.78 is 6.09. The minimum Gasteiger partial charge on any atom is -0.494 e. The number of hydrogen-bond acceptors (Lipinski definition) is 4. The lowest BCUT2D eigenvalue weighted by atomic mass is 10.1. The third kappa shape index (κ3) is 2.62. The van der Waals surface area contributed by atoms with Crippen LogP contribution in [0.5, 0.6) is 5.75 Å². The largest absolute Gasteiger partial charge is 0.494 e. The van der Waals surface area contributed by atoms with Crippen LogP contribution >= 0.6 is 27.3 Å². The summed E-state index contributed by atoms with van der Waals surface area (Å²) in [6, 6.07) is 0. The van der Waals surface area contributed by atoms with E-state index in [9.17, 15) is 9.59 Å². The first kappa shape index (κ1) is 14.3. The number of thiophene rings is 1. The highest BCUT2D eigenvalue weighted by atomic mass is 79.9. The standard InChI is InChI=1S/C12H15BrN2O3S/c1-6-8(13)9(18-2)10(19-6)12(17)15-4-3-7(5-15)11(14)16/h7H,3-5H2,1-2H3,(H2,14,16)/t7-/m1/s1. The summed E-state index contributed by atoms with van der Waals surface area (Å²) in [7, 11) is 1.54. The van der Waals surface area contributed by atoms with Gasteiger partial charge in [0.2, 0.25) is 5.91 Å². The lowest BCUT2D eigenvalue weighted by Crippen LogP contribution is -2.31. The Bertz CT molecular complexity index is 529. The van der Waals surface area contributed by atoms with Gasteiger partial charge in [-0.3, -0.25) is 9.59 Å². The van der Waals surface area contributed by atoms with Crippen LogP contribution in [0.25, 0.3) is 0 Å². The number of rotatable bonds is 3. The van der Waals surface area contributed by atoms with Crippen molar-refractivity contribution in [2.45, 2.75) is 13.3 Å². The molecule has 1 aromatic rings. The Morgan fingerprint density at radius 1 is 1.53 bits per heavy atom. The lowest BCUT2D eigenvalue weighted by Gasteiger charge is -2.15. The molecule has 2 rings (SSSR count). The van der Waals surface area contributed by atoms with E-state index >= 15 is 0 Å². The number of amides is 2. The zero-order valence-electron chi connectivity index (χ0n) is 10.7. The molecule has 2 heterocycles. The molecule has 2 amide bonds. The van der Waals surface area contributed by atoms with Gasteiger partial charge < -0.3 is 15.4 Å². The Balaban J connectivity index is 2.21. The molecule has 19 heavy (non-hydrogen) atoms. The van der Waals surface area contributed by atoms with Crippen LogP contribution in [0.15, 0.2) is 4.47 Å². The number of aryl methyl sites for hydroxylation is 1. The van der Waals surface area contributed by atoms with E-state index in [1.54, 1.807) is 12.0 Å². The van der Waals surface area contributed by atoms with Crippen molar-refractivity contribution in [3.8, 4) is 5.75 Å². The third-order valence-electron chi connectivity index (χ3n) is 3.25. The number of ether oxygens (including phenoxy) is 1. The molecule has 0 unspecified atom stereocenters. The van der Waals surface area contributed by atoms with Crippen LogP contribution in [0.4, 0.5) is 0 Å². The number of halogens is 1. The van der Waals surface area contributed by atoms with Gasteiger partial charge in [0, 0.05) is 18.0 Å². The van der Waals surface area contributed by atoms with Gasteiger partial charge in [0.05, 0.1) is 17.5 Å². The van der Waals surface area contributed by atoms with Crippen molar-refractivity contribution >= 4 is 39.1 Å². The van der Waals surface area contributed by atoms with Crippen molar-refractivity contribution in [1.82, 2.24) is 4.90 Å². The quantitative estimate of drug-likeness (QED) is 0.906. The maximum absolute atomic E-state index is 12.4. The van der Waals surface area contributed by atoms with Crippen LogP contribution < -0.4 is 10.5 Å². The number of nitrogens with zero attached hydrogens (tertiary/aromatic N) is 1. The molecular weight excluding hydrogens is 332 g/mol. The molecule has 0 aromatic carbocycles. The molecular formula is C12H15BrN2O3S. The smallest absolute Gasteiger partial charge is 0.267 e.